The summed E-state index contributed by atoms with van der Waals surface area (Å²) in [6.07, 6.45) is 3.29. The van der Waals surface area contributed by atoms with E-state index in [1.165, 1.54) is 0 Å². The molecule has 7 heteroatoms. The largest absolute Gasteiger partial charge is 0.454 e. The van der Waals surface area contributed by atoms with Gasteiger partial charge in [-0.05, 0) is 18.8 Å². The number of fused-ring (bicyclic) bond motifs is 1. The molecule has 0 radical (unpaired) electrons. The molecule has 1 aliphatic heterocycles. The lowest BCUT2D eigenvalue weighted by Gasteiger charge is -2.19. The third-order valence-corrected chi connectivity index (χ3v) is 4.29. The van der Waals surface area contributed by atoms with Crippen LogP contribution in [0.2, 0.25) is 0 Å². The third kappa shape index (κ3) is 4.30. The predicted molar refractivity (Wildman–Crippen MR) is 81.0 cm³/mol. The normalized spacial score (nSPS) is 23.9. The summed E-state index contributed by atoms with van der Waals surface area (Å²) in [6.45, 7) is 3.62. The predicted octanol–water partition coefficient (Wildman–Crippen LogP) is 0.477. The van der Waals surface area contributed by atoms with E-state index in [-0.39, 0.29) is 29.6 Å². The molecule has 1 N–H and O–H groups in total. The molecule has 1 saturated heterocycles. The fourth-order valence-electron chi connectivity index (χ4n) is 3.08. The number of nitrogens with zero attached hydrogens (tertiary/aromatic N) is 1. The number of ether oxygens (including phenoxy) is 1. The Morgan fingerprint density at radius 2 is 1.74 bits per heavy atom. The summed E-state index contributed by atoms with van der Waals surface area (Å²) in [4.78, 5) is 48.7. The molecule has 1 saturated carbocycles. The van der Waals surface area contributed by atoms with Crippen molar-refractivity contribution in [2.24, 2.45) is 17.8 Å². The van der Waals surface area contributed by atoms with Crippen LogP contribution in [0.5, 0.6) is 0 Å². The smallest absolute Gasteiger partial charge is 0.326 e. The molecule has 2 fully saturated rings. The number of carbonyl (C=O) groups is 4. The van der Waals surface area contributed by atoms with E-state index in [0.29, 0.717) is 25.3 Å². The molecule has 2 atom stereocenters. The first kappa shape index (κ1) is 17.4. The van der Waals surface area contributed by atoms with Crippen molar-refractivity contribution in [3.05, 3.63) is 0 Å². The van der Waals surface area contributed by atoms with E-state index in [9.17, 15) is 19.2 Å². The number of esters is 1. The van der Waals surface area contributed by atoms with Crippen LogP contribution in [0.3, 0.4) is 0 Å². The molecule has 0 aromatic rings. The van der Waals surface area contributed by atoms with Gasteiger partial charge in [-0.25, -0.2) is 0 Å². The van der Waals surface area contributed by atoms with Gasteiger partial charge in [0.15, 0.2) is 6.61 Å². The van der Waals surface area contributed by atoms with Crippen LogP contribution >= 0.6 is 0 Å². The van der Waals surface area contributed by atoms with Gasteiger partial charge in [-0.3, -0.25) is 24.1 Å². The monoisotopic (exact) mass is 324 g/mol. The van der Waals surface area contributed by atoms with Crippen LogP contribution in [0.4, 0.5) is 0 Å². The molecule has 2 unspecified atom stereocenters. The summed E-state index contributed by atoms with van der Waals surface area (Å²) in [6, 6.07) is 0. The number of amides is 3. The van der Waals surface area contributed by atoms with Gasteiger partial charge in [-0.2, -0.15) is 0 Å². The lowest BCUT2D eigenvalue weighted by molar-refractivity contribution is -0.154. The molecule has 1 heterocycles. The molecule has 0 aromatic heterocycles. The van der Waals surface area contributed by atoms with E-state index < -0.39 is 19.1 Å². The Morgan fingerprint density at radius 1 is 1.17 bits per heavy atom. The molecule has 23 heavy (non-hydrogen) atoms. The lowest BCUT2D eigenvalue weighted by Crippen LogP contribution is -2.38. The molecule has 1 aliphatic carbocycles. The van der Waals surface area contributed by atoms with Crippen LogP contribution in [-0.2, 0) is 23.9 Å². The van der Waals surface area contributed by atoms with Gasteiger partial charge in [0.25, 0.3) is 5.91 Å². The third-order valence-electron chi connectivity index (χ3n) is 4.29. The minimum absolute atomic E-state index is 0.277. The number of nitrogens with one attached hydrogen (secondary N) is 1. The summed E-state index contributed by atoms with van der Waals surface area (Å²) < 4.78 is 4.85. The van der Waals surface area contributed by atoms with Crippen LogP contribution in [0.1, 0.15) is 39.5 Å². The second-order valence-electron chi connectivity index (χ2n) is 6.62. The fraction of sp³-hybridized carbons (Fsp3) is 0.750. The molecule has 0 bridgehead atoms. The van der Waals surface area contributed by atoms with Crippen molar-refractivity contribution in [2.75, 3.05) is 19.7 Å². The first-order chi connectivity index (χ1) is 10.9. The SMILES string of the molecule is CC(C)CNC(=O)COC(=O)CN1C(=O)C2CCCCC2C1=O. The van der Waals surface area contributed by atoms with Gasteiger partial charge in [0.05, 0.1) is 11.8 Å². The van der Waals surface area contributed by atoms with E-state index in [2.05, 4.69) is 5.32 Å². The van der Waals surface area contributed by atoms with Crippen molar-refractivity contribution in [3.63, 3.8) is 0 Å². The van der Waals surface area contributed by atoms with Crippen molar-refractivity contribution >= 4 is 23.7 Å². The van der Waals surface area contributed by atoms with Crippen LogP contribution in [0.25, 0.3) is 0 Å². The average Bonchev–Trinajstić information content (AvgIpc) is 2.76. The van der Waals surface area contributed by atoms with Gasteiger partial charge in [-0.1, -0.05) is 26.7 Å². The Bertz CT molecular complexity index is 479. The van der Waals surface area contributed by atoms with Crippen molar-refractivity contribution < 1.29 is 23.9 Å². The number of hydrogen-bond donors (Lipinski definition) is 1. The van der Waals surface area contributed by atoms with Crippen molar-refractivity contribution in [2.45, 2.75) is 39.5 Å². The molecule has 3 amide bonds. The van der Waals surface area contributed by atoms with E-state index in [1.54, 1.807) is 0 Å². The lowest BCUT2D eigenvalue weighted by atomic mass is 9.81. The summed E-state index contributed by atoms with van der Waals surface area (Å²) in [7, 11) is 0. The van der Waals surface area contributed by atoms with Crippen LogP contribution < -0.4 is 5.32 Å². The topological polar surface area (TPSA) is 92.8 Å². The van der Waals surface area contributed by atoms with Gasteiger partial charge in [0, 0.05) is 6.54 Å². The highest BCUT2D eigenvalue weighted by atomic mass is 16.5. The minimum Gasteiger partial charge on any atom is -0.454 e. The second-order valence-corrected chi connectivity index (χ2v) is 6.62. The minimum atomic E-state index is -0.731. The molecular formula is C16H24N2O5. The fourth-order valence-corrected chi connectivity index (χ4v) is 3.08. The zero-order valence-electron chi connectivity index (χ0n) is 13.7. The Kier molecular flexibility index (Phi) is 5.74. The highest BCUT2D eigenvalue weighted by molar-refractivity contribution is 6.07. The highest BCUT2D eigenvalue weighted by Crippen LogP contribution is 2.37. The number of rotatable bonds is 6. The van der Waals surface area contributed by atoms with Gasteiger partial charge in [0.2, 0.25) is 11.8 Å². The zero-order chi connectivity index (χ0) is 17.0. The van der Waals surface area contributed by atoms with Gasteiger partial charge in [-0.15, -0.1) is 0 Å². The number of hydrogen-bond acceptors (Lipinski definition) is 5. The molecule has 2 aliphatic rings. The van der Waals surface area contributed by atoms with E-state index in [0.717, 1.165) is 17.7 Å². The molecule has 7 nitrogen and oxygen atoms in total. The highest BCUT2D eigenvalue weighted by Gasteiger charge is 2.48. The molecule has 2 rings (SSSR count). The van der Waals surface area contributed by atoms with E-state index >= 15 is 0 Å². The zero-order valence-corrected chi connectivity index (χ0v) is 13.7. The molecule has 0 spiro atoms. The van der Waals surface area contributed by atoms with Crippen molar-refractivity contribution in [3.8, 4) is 0 Å². The van der Waals surface area contributed by atoms with E-state index in [4.69, 9.17) is 4.74 Å². The maximum Gasteiger partial charge on any atom is 0.326 e. The van der Waals surface area contributed by atoms with Gasteiger partial charge < -0.3 is 10.1 Å². The first-order valence-corrected chi connectivity index (χ1v) is 8.17. The summed E-state index contributed by atoms with van der Waals surface area (Å²) in [5, 5.41) is 2.63. The van der Waals surface area contributed by atoms with Crippen molar-refractivity contribution in [1.82, 2.24) is 10.2 Å². The quantitative estimate of drug-likeness (QED) is 0.566. The Balaban J connectivity index is 1.80. The van der Waals surface area contributed by atoms with Gasteiger partial charge in [0.1, 0.15) is 6.54 Å². The maximum absolute atomic E-state index is 12.2. The maximum atomic E-state index is 12.2. The number of carbonyl (C=O) groups excluding carboxylic acids is 4. The summed E-state index contributed by atoms with van der Waals surface area (Å²) in [5.74, 6) is -1.93. The number of imide groups is 1. The Morgan fingerprint density at radius 3 is 2.26 bits per heavy atom. The van der Waals surface area contributed by atoms with Crippen LogP contribution in [-0.4, -0.2) is 48.3 Å². The average molecular weight is 324 g/mol. The summed E-state index contributed by atoms with van der Waals surface area (Å²) >= 11 is 0. The van der Waals surface area contributed by atoms with Gasteiger partial charge >= 0.3 is 5.97 Å². The molecular weight excluding hydrogens is 300 g/mol. The Hall–Kier alpha value is -1.92. The van der Waals surface area contributed by atoms with Crippen LogP contribution in [0.15, 0.2) is 0 Å². The summed E-state index contributed by atoms with van der Waals surface area (Å²) in [5.41, 5.74) is 0. The molecule has 128 valence electrons. The van der Waals surface area contributed by atoms with Crippen molar-refractivity contribution in [1.29, 1.82) is 0 Å². The number of likely N-dealkylation sites (tertiary alicyclic amines) is 1. The first-order valence-electron chi connectivity index (χ1n) is 8.17. The second kappa shape index (κ2) is 7.57. The molecule has 0 aromatic carbocycles. The van der Waals surface area contributed by atoms with E-state index in [1.807, 2.05) is 13.8 Å². The Labute approximate surface area is 135 Å². The standard InChI is InChI=1S/C16H24N2O5/c1-10(2)7-17-13(19)9-23-14(20)8-18-15(21)11-5-3-4-6-12(11)16(18)22/h10-12H,3-9H2,1-2H3,(H,17,19). The van der Waals surface area contributed by atoms with Crippen LogP contribution in [0, 0.1) is 17.8 Å².